The Morgan fingerprint density at radius 1 is 1.09 bits per heavy atom. The summed E-state index contributed by atoms with van der Waals surface area (Å²) in [4.78, 5) is 43.0. The highest BCUT2D eigenvalue weighted by molar-refractivity contribution is 7.17. The highest BCUT2D eigenvalue weighted by atomic mass is 32.1. The zero-order valence-corrected chi connectivity index (χ0v) is 18.9. The number of fused-ring (bicyclic) bond motifs is 1. The molecule has 0 fully saturated rings. The van der Waals surface area contributed by atoms with E-state index in [-0.39, 0.29) is 17.2 Å². The third-order valence-electron chi connectivity index (χ3n) is 5.47. The van der Waals surface area contributed by atoms with E-state index >= 15 is 0 Å². The van der Waals surface area contributed by atoms with Crippen LogP contribution in [0.5, 0.6) is 0 Å². The molecule has 32 heavy (non-hydrogen) atoms. The summed E-state index contributed by atoms with van der Waals surface area (Å²) in [6.45, 7) is 5.36. The van der Waals surface area contributed by atoms with E-state index in [0.29, 0.717) is 27.9 Å². The Labute approximate surface area is 189 Å². The lowest BCUT2D eigenvalue weighted by molar-refractivity contribution is -0.119. The third-order valence-corrected chi connectivity index (χ3v) is 6.35. The molecule has 1 amide bonds. The average Bonchev–Trinajstić information content (AvgIpc) is 3.21. The topological polar surface area (TPSA) is 81.1 Å². The predicted molar refractivity (Wildman–Crippen MR) is 128 cm³/mol. The smallest absolute Gasteiger partial charge is 0.263 e. The van der Waals surface area contributed by atoms with Gasteiger partial charge in [0.25, 0.3) is 5.56 Å². The first-order valence-corrected chi connectivity index (χ1v) is 11.2. The first-order valence-electron chi connectivity index (χ1n) is 10.4. The molecule has 2 aromatic carbocycles. The number of Topliss-reactive ketones (excluding diaryl/α,β-unsaturated/α-hetero) is 1. The van der Waals surface area contributed by atoms with Gasteiger partial charge in [0.1, 0.15) is 10.9 Å². The van der Waals surface area contributed by atoms with Gasteiger partial charge in [0.15, 0.2) is 5.78 Å². The second-order valence-corrected chi connectivity index (χ2v) is 8.56. The number of ketones is 1. The number of rotatable bonds is 6. The van der Waals surface area contributed by atoms with Crippen molar-refractivity contribution in [3.63, 3.8) is 0 Å². The van der Waals surface area contributed by atoms with Crippen molar-refractivity contribution in [1.82, 2.24) is 9.55 Å². The maximum absolute atomic E-state index is 13.4. The van der Waals surface area contributed by atoms with Crippen LogP contribution in [0.15, 0.2) is 65.0 Å². The Balaban J connectivity index is 1.69. The minimum Gasteiger partial charge on any atom is -0.324 e. The lowest BCUT2D eigenvalue weighted by Crippen LogP contribution is -2.33. The molecule has 2 heterocycles. The molecule has 1 atom stereocenters. The molecular weight excluding hydrogens is 422 g/mol. The molecule has 6 nitrogen and oxygen atoms in total. The molecule has 1 N–H and O–H groups in total. The number of aryl methyl sites for hydroxylation is 1. The fourth-order valence-corrected chi connectivity index (χ4v) is 4.54. The molecule has 0 bridgehead atoms. The van der Waals surface area contributed by atoms with E-state index < -0.39 is 6.04 Å². The third kappa shape index (κ3) is 4.11. The maximum atomic E-state index is 13.4. The van der Waals surface area contributed by atoms with Crippen molar-refractivity contribution in [1.29, 1.82) is 0 Å². The quantitative estimate of drug-likeness (QED) is 0.412. The van der Waals surface area contributed by atoms with Crippen molar-refractivity contribution in [2.75, 3.05) is 5.32 Å². The van der Waals surface area contributed by atoms with Crippen LogP contribution in [0.25, 0.3) is 21.3 Å². The number of aromatic nitrogens is 2. The van der Waals surface area contributed by atoms with Crippen LogP contribution in [0.2, 0.25) is 0 Å². The number of anilines is 1. The lowest BCUT2D eigenvalue weighted by atomic mass is 10.0. The van der Waals surface area contributed by atoms with Crippen molar-refractivity contribution in [3.05, 3.63) is 81.7 Å². The van der Waals surface area contributed by atoms with Gasteiger partial charge in [-0.25, -0.2) is 4.98 Å². The SMILES string of the molecule is CCC(C(=O)Nc1ccc(C(C)=O)cc1)n1cnc2scc(-c3ccc(C)cc3)c2c1=O. The van der Waals surface area contributed by atoms with Crippen LogP contribution in [-0.4, -0.2) is 21.2 Å². The first kappa shape index (κ1) is 21.6. The molecule has 0 aliphatic heterocycles. The van der Waals surface area contributed by atoms with Crippen LogP contribution in [0.1, 0.15) is 42.2 Å². The molecule has 4 aromatic rings. The monoisotopic (exact) mass is 445 g/mol. The molecule has 0 saturated heterocycles. The normalized spacial score (nSPS) is 12.0. The van der Waals surface area contributed by atoms with Crippen LogP contribution in [0.3, 0.4) is 0 Å². The molecule has 0 radical (unpaired) electrons. The summed E-state index contributed by atoms with van der Waals surface area (Å²) in [6.07, 6.45) is 1.88. The second-order valence-electron chi connectivity index (χ2n) is 7.70. The summed E-state index contributed by atoms with van der Waals surface area (Å²) < 4.78 is 1.41. The van der Waals surface area contributed by atoms with Crippen molar-refractivity contribution >= 4 is 38.9 Å². The second kappa shape index (κ2) is 8.88. The Bertz CT molecular complexity index is 1350. The Kier molecular flexibility index (Phi) is 6.01. The van der Waals surface area contributed by atoms with Crippen LogP contribution < -0.4 is 10.9 Å². The summed E-state index contributed by atoms with van der Waals surface area (Å²) >= 11 is 1.42. The Hall–Kier alpha value is -3.58. The van der Waals surface area contributed by atoms with Crippen LogP contribution in [-0.2, 0) is 4.79 Å². The first-order chi connectivity index (χ1) is 15.4. The zero-order valence-electron chi connectivity index (χ0n) is 18.1. The van der Waals surface area contributed by atoms with Gasteiger partial charge in [-0.2, -0.15) is 0 Å². The number of carbonyl (C=O) groups excluding carboxylic acids is 2. The van der Waals surface area contributed by atoms with Gasteiger partial charge in [0.2, 0.25) is 5.91 Å². The molecule has 0 saturated carbocycles. The van der Waals surface area contributed by atoms with Crippen LogP contribution in [0, 0.1) is 6.92 Å². The van der Waals surface area contributed by atoms with Gasteiger partial charge in [0.05, 0.1) is 11.7 Å². The van der Waals surface area contributed by atoms with Crippen LogP contribution in [0.4, 0.5) is 5.69 Å². The minimum atomic E-state index is -0.711. The molecular formula is C25H23N3O3S. The molecule has 0 aliphatic rings. The summed E-state index contributed by atoms with van der Waals surface area (Å²) in [5.74, 6) is -0.348. The molecule has 2 aromatic heterocycles. The maximum Gasteiger partial charge on any atom is 0.263 e. The van der Waals surface area contributed by atoms with E-state index in [4.69, 9.17) is 0 Å². The predicted octanol–water partition coefficient (Wildman–Crippen LogP) is 5.23. The summed E-state index contributed by atoms with van der Waals surface area (Å²) in [6, 6.07) is 14.0. The number of hydrogen-bond donors (Lipinski definition) is 1. The lowest BCUT2D eigenvalue weighted by Gasteiger charge is -2.18. The van der Waals surface area contributed by atoms with Gasteiger partial charge in [-0.15, -0.1) is 11.3 Å². The summed E-state index contributed by atoms with van der Waals surface area (Å²) in [5, 5.41) is 5.31. The van der Waals surface area contributed by atoms with E-state index in [1.807, 2.05) is 43.5 Å². The number of nitrogens with zero attached hydrogens (tertiary/aromatic N) is 2. The van der Waals surface area contributed by atoms with Gasteiger partial charge < -0.3 is 5.32 Å². The molecule has 4 rings (SSSR count). The summed E-state index contributed by atoms with van der Waals surface area (Å²) in [5.41, 5.74) is 3.82. The number of nitrogens with one attached hydrogen (secondary N) is 1. The van der Waals surface area contributed by atoms with Crippen molar-refractivity contribution < 1.29 is 9.59 Å². The van der Waals surface area contributed by atoms with Crippen molar-refractivity contribution in [3.8, 4) is 11.1 Å². The van der Waals surface area contributed by atoms with Gasteiger partial charge in [0, 0.05) is 22.2 Å². The van der Waals surface area contributed by atoms with E-state index in [1.54, 1.807) is 24.3 Å². The zero-order chi connectivity index (χ0) is 22.8. The highest BCUT2D eigenvalue weighted by Gasteiger charge is 2.23. The van der Waals surface area contributed by atoms with E-state index in [2.05, 4.69) is 10.3 Å². The fourth-order valence-electron chi connectivity index (χ4n) is 3.64. The van der Waals surface area contributed by atoms with Crippen molar-refractivity contribution in [2.24, 2.45) is 0 Å². The van der Waals surface area contributed by atoms with Gasteiger partial charge >= 0.3 is 0 Å². The average molecular weight is 446 g/mol. The molecule has 162 valence electrons. The van der Waals surface area contributed by atoms with E-state index in [1.165, 1.54) is 29.2 Å². The largest absolute Gasteiger partial charge is 0.324 e. The molecule has 0 aliphatic carbocycles. The Morgan fingerprint density at radius 3 is 2.41 bits per heavy atom. The molecule has 1 unspecified atom stereocenters. The Morgan fingerprint density at radius 2 is 1.78 bits per heavy atom. The number of benzene rings is 2. The molecule has 7 heteroatoms. The highest BCUT2D eigenvalue weighted by Crippen LogP contribution is 2.31. The minimum absolute atomic E-state index is 0.0413. The van der Waals surface area contributed by atoms with E-state index in [9.17, 15) is 14.4 Å². The number of carbonyl (C=O) groups is 2. The summed E-state index contributed by atoms with van der Waals surface area (Å²) in [7, 11) is 0. The van der Waals surface area contributed by atoms with E-state index in [0.717, 1.165) is 16.7 Å². The van der Waals surface area contributed by atoms with Crippen LogP contribution >= 0.6 is 11.3 Å². The standard InChI is InChI=1S/C25H23N3O3S/c1-4-21(23(30)27-19-11-9-17(10-12-19)16(3)29)28-14-26-24-22(25(28)31)20(13-32-24)18-7-5-15(2)6-8-18/h5-14,21H,4H2,1-3H3,(H,27,30). The fraction of sp³-hybridized carbons (Fsp3) is 0.200. The van der Waals surface area contributed by atoms with Gasteiger partial charge in [-0.1, -0.05) is 36.8 Å². The number of amides is 1. The van der Waals surface area contributed by atoms with Gasteiger partial charge in [-0.3, -0.25) is 19.0 Å². The van der Waals surface area contributed by atoms with Gasteiger partial charge in [-0.05, 0) is 50.1 Å². The number of hydrogen-bond acceptors (Lipinski definition) is 5. The van der Waals surface area contributed by atoms with Crippen molar-refractivity contribution in [2.45, 2.75) is 33.2 Å². The number of thiophene rings is 1. The molecule has 0 spiro atoms.